The van der Waals surface area contributed by atoms with Crippen molar-refractivity contribution >= 4 is 23.5 Å². The molecule has 1 aromatic rings. The van der Waals surface area contributed by atoms with E-state index in [1.54, 1.807) is 0 Å². The lowest BCUT2D eigenvalue weighted by Crippen LogP contribution is -2.50. The molecule has 0 saturated heterocycles. The normalized spacial score (nSPS) is 16.7. The summed E-state index contributed by atoms with van der Waals surface area (Å²) in [4.78, 5) is 12.1. The summed E-state index contributed by atoms with van der Waals surface area (Å²) < 4.78 is 0. The summed E-state index contributed by atoms with van der Waals surface area (Å²) in [6, 6.07) is 7.71. The standard InChI is InChI=1S/C16H24N2O2S/c1-21-11-8-13-4-6-14(7-5-13)17-15(20)18-16(12-19)9-2-3-10-16/h4-7,19H,2-3,8-12H2,1H3,(H2,17,18,20). The van der Waals surface area contributed by atoms with E-state index in [0.29, 0.717) is 0 Å². The predicted molar refractivity (Wildman–Crippen MR) is 89.0 cm³/mol. The minimum absolute atomic E-state index is 0.00798. The molecule has 1 aromatic carbocycles. The molecule has 4 nitrogen and oxygen atoms in total. The Morgan fingerprint density at radius 3 is 2.52 bits per heavy atom. The third-order valence-electron chi connectivity index (χ3n) is 4.05. The lowest BCUT2D eigenvalue weighted by atomic mass is 9.99. The molecule has 0 atom stereocenters. The minimum Gasteiger partial charge on any atom is -0.394 e. The number of urea groups is 1. The van der Waals surface area contributed by atoms with Crippen LogP contribution >= 0.6 is 11.8 Å². The van der Waals surface area contributed by atoms with Crippen molar-refractivity contribution in [2.45, 2.75) is 37.6 Å². The van der Waals surface area contributed by atoms with Crippen molar-refractivity contribution in [2.24, 2.45) is 0 Å². The highest BCUT2D eigenvalue weighted by atomic mass is 32.2. The number of rotatable bonds is 6. The fourth-order valence-electron chi connectivity index (χ4n) is 2.75. The molecule has 116 valence electrons. The van der Waals surface area contributed by atoms with Crippen molar-refractivity contribution < 1.29 is 9.90 Å². The minimum atomic E-state index is -0.428. The molecule has 1 saturated carbocycles. The van der Waals surface area contributed by atoms with Gasteiger partial charge in [-0.25, -0.2) is 4.79 Å². The van der Waals surface area contributed by atoms with Crippen molar-refractivity contribution in [1.29, 1.82) is 0 Å². The topological polar surface area (TPSA) is 61.4 Å². The first-order valence-electron chi connectivity index (χ1n) is 7.45. The number of nitrogens with one attached hydrogen (secondary N) is 2. The molecule has 21 heavy (non-hydrogen) atoms. The number of hydrogen-bond donors (Lipinski definition) is 3. The predicted octanol–water partition coefficient (Wildman–Crippen LogP) is 3.02. The SMILES string of the molecule is CSCCc1ccc(NC(=O)NC2(CO)CCCC2)cc1. The van der Waals surface area contributed by atoms with Gasteiger partial charge in [-0.3, -0.25) is 0 Å². The van der Waals surface area contributed by atoms with Crippen LogP contribution in [0.5, 0.6) is 0 Å². The number of aliphatic hydroxyl groups excluding tert-OH is 1. The Bertz CT molecular complexity index is 456. The van der Waals surface area contributed by atoms with Crippen molar-refractivity contribution in [3.63, 3.8) is 0 Å². The molecule has 0 aromatic heterocycles. The molecule has 2 amide bonds. The molecule has 1 aliphatic rings. The molecule has 0 unspecified atom stereocenters. The number of aliphatic hydroxyl groups is 1. The Labute approximate surface area is 130 Å². The van der Waals surface area contributed by atoms with E-state index in [0.717, 1.165) is 43.5 Å². The second-order valence-electron chi connectivity index (χ2n) is 5.66. The summed E-state index contributed by atoms with van der Waals surface area (Å²) in [6.07, 6.45) is 6.96. The second-order valence-corrected chi connectivity index (χ2v) is 6.65. The number of carbonyl (C=O) groups excluding carboxylic acids is 1. The van der Waals surface area contributed by atoms with Gasteiger partial charge in [0.15, 0.2) is 0 Å². The monoisotopic (exact) mass is 308 g/mol. The molecule has 0 heterocycles. The van der Waals surface area contributed by atoms with Crippen LogP contribution in [0.15, 0.2) is 24.3 Å². The molecule has 0 aliphatic heterocycles. The van der Waals surface area contributed by atoms with Crippen LogP contribution in [-0.2, 0) is 6.42 Å². The van der Waals surface area contributed by atoms with E-state index >= 15 is 0 Å². The van der Waals surface area contributed by atoms with Crippen molar-refractivity contribution in [2.75, 3.05) is 23.9 Å². The molecule has 0 spiro atoms. The van der Waals surface area contributed by atoms with Crippen LogP contribution < -0.4 is 10.6 Å². The van der Waals surface area contributed by atoms with Gasteiger partial charge >= 0.3 is 6.03 Å². The van der Waals surface area contributed by atoms with Crippen LogP contribution in [0.25, 0.3) is 0 Å². The highest BCUT2D eigenvalue weighted by Gasteiger charge is 2.34. The van der Waals surface area contributed by atoms with Gasteiger partial charge in [-0.15, -0.1) is 0 Å². The van der Waals surface area contributed by atoms with E-state index < -0.39 is 5.54 Å². The van der Waals surface area contributed by atoms with Gasteiger partial charge in [-0.05, 0) is 49.0 Å². The zero-order chi connectivity index (χ0) is 15.1. The van der Waals surface area contributed by atoms with Crippen molar-refractivity contribution in [3.8, 4) is 0 Å². The third kappa shape index (κ3) is 4.64. The lowest BCUT2D eigenvalue weighted by Gasteiger charge is -2.28. The average Bonchev–Trinajstić information content (AvgIpc) is 2.95. The van der Waals surface area contributed by atoms with Gasteiger partial charge < -0.3 is 15.7 Å². The Balaban J connectivity index is 1.87. The van der Waals surface area contributed by atoms with Gasteiger partial charge in [0.25, 0.3) is 0 Å². The molecule has 5 heteroatoms. The van der Waals surface area contributed by atoms with E-state index in [9.17, 15) is 9.90 Å². The summed E-state index contributed by atoms with van der Waals surface area (Å²) in [6.45, 7) is 0.00798. The van der Waals surface area contributed by atoms with Crippen LogP contribution in [0.3, 0.4) is 0 Å². The fraction of sp³-hybridized carbons (Fsp3) is 0.562. The van der Waals surface area contributed by atoms with Crippen LogP contribution in [0.2, 0.25) is 0 Å². The highest BCUT2D eigenvalue weighted by molar-refractivity contribution is 7.98. The molecular formula is C16H24N2O2S. The average molecular weight is 308 g/mol. The van der Waals surface area contributed by atoms with Gasteiger partial charge in [-0.2, -0.15) is 11.8 Å². The van der Waals surface area contributed by atoms with Crippen LogP contribution in [0.1, 0.15) is 31.2 Å². The maximum absolute atomic E-state index is 12.1. The maximum Gasteiger partial charge on any atom is 0.319 e. The summed E-state index contributed by atoms with van der Waals surface area (Å²) in [5.74, 6) is 1.10. The van der Waals surface area contributed by atoms with Gasteiger partial charge in [0.05, 0.1) is 12.1 Å². The second kappa shape index (κ2) is 7.71. The zero-order valence-electron chi connectivity index (χ0n) is 12.5. The third-order valence-corrected chi connectivity index (χ3v) is 4.66. The van der Waals surface area contributed by atoms with Gasteiger partial charge in [0.1, 0.15) is 0 Å². The molecule has 1 aliphatic carbocycles. The van der Waals surface area contributed by atoms with E-state index in [1.165, 1.54) is 5.56 Å². The van der Waals surface area contributed by atoms with Crippen molar-refractivity contribution in [3.05, 3.63) is 29.8 Å². The van der Waals surface area contributed by atoms with E-state index in [4.69, 9.17) is 0 Å². The summed E-state index contributed by atoms with van der Waals surface area (Å²) in [5, 5.41) is 15.3. The Hall–Kier alpha value is -1.20. The number of benzene rings is 1. The Kier molecular flexibility index (Phi) is 5.94. The number of anilines is 1. The van der Waals surface area contributed by atoms with Crippen LogP contribution in [0, 0.1) is 0 Å². The van der Waals surface area contributed by atoms with Crippen LogP contribution in [-0.4, -0.2) is 35.3 Å². The molecule has 3 N–H and O–H groups in total. The number of aryl methyl sites for hydroxylation is 1. The van der Waals surface area contributed by atoms with Crippen molar-refractivity contribution in [1.82, 2.24) is 5.32 Å². The largest absolute Gasteiger partial charge is 0.394 e. The smallest absolute Gasteiger partial charge is 0.319 e. The van der Waals surface area contributed by atoms with Crippen LogP contribution in [0.4, 0.5) is 10.5 Å². The quantitative estimate of drug-likeness (QED) is 0.757. The van der Waals surface area contributed by atoms with E-state index in [1.807, 2.05) is 36.0 Å². The highest BCUT2D eigenvalue weighted by Crippen LogP contribution is 2.29. The number of carbonyl (C=O) groups is 1. The lowest BCUT2D eigenvalue weighted by molar-refractivity contribution is 0.167. The number of amides is 2. The summed E-state index contributed by atoms with van der Waals surface area (Å²) in [5.41, 5.74) is 1.63. The van der Waals surface area contributed by atoms with Gasteiger partial charge in [0.2, 0.25) is 0 Å². The molecule has 1 fully saturated rings. The molecule has 2 rings (SSSR count). The number of thioether (sulfide) groups is 1. The summed E-state index contributed by atoms with van der Waals surface area (Å²) >= 11 is 1.83. The van der Waals surface area contributed by atoms with Gasteiger partial charge in [0, 0.05) is 5.69 Å². The zero-order valence-corrected chi connectivity index (χ0v) is 13.3. The van der Waals surface area contributed by atoms with E-state index in [-0.39, 0.29) is 12.6 Å². The molecular weight excluding hydrogens is 284 g/mol. The maximum atomic E-state index is 12.1. The van der Waals surface area contributed by atoms with E-state index in [2.05, 4.69) is 16.9 Å². The Morgan fingerprint density at radius 1 is 1.29 bits per heavy atom. The fourth-order valence-corrected chi connectivity index (χ4v) is 3.19. The first-order valence-corrected chi connectivity index (χ1v) is 8.85. The molecule has 0 radical (unpaired) electrons. The molecule has 0 bridgehead atoms. The first kappa shape index (κ1) is 16.2. The Morgan fingerprint density at radius 2 is 1.95 bits per heavy atom. The number of hydrogen-bond acceptors (Lipinski definition) is 3. The summed E-state index contributed by atoms with van der Waals surface area (Å²) in [7, 11) is 0. The van der Waals surface area contributed by atoms with Gasteiger partial charge in [-0.1, -0.05) is 25.0 Å². The first-order chi connectivity index (χ1) is 10.2.